The second-order valence-electron chi connectivity index (χ2n) is 6.05. The number of benzene rings is 2. The van der Waals surface area contributed by atoms with Crippen LogP contribution in [0.3, 0.4) is 0 Å². The van der Waals surface area contributed by atoms with E-state index in [4.69, 9.17) is 9.15 Å². The average Bonchev–Trinajstić information content (AvgIpc) is 2.87. The van der Waals surface area contributed by atoms with Crippen molar-refractivity contribution in [3.63, 3.8) is 0 Å². The summed E-state index contributed by atoms with van der Waals surface area (Å²) in [6, 6.07) is 16.7. The Kier molecular flexibility index (Phi) is 3.16. The number of likely N-dealkylation sites (N-methyl/N-ethyl adjacent to an activating group) is 1. The lowest BCUT2D eigenvalue weighted by molar-refractivity contribution is 0.120. The van der Waals surface area contributed by atoms with Gasteiger partial charge in [-0.2, -0.15) is 0 Å². The molecule has 1 unspecified atom stereocenters. The standard InChI is InChI=1S/C19H19NO2/c1-13-9-17-18(21-13)11-20(2)12-19(17)22-16-8-7-14-5-3-4-6-15(14)10-16/h3-10,19H,11-12H2,1-2H3. The SMILES string of the molecule is Cc1cc2c(o1)CN(C)CC2Oc1ccc2ccccc2c1. The molecule has 1 atom stereocenters. The number of rotatable bonds is 2. The molecule has 4 rings (SSSR count). The minimum Gasteiger partial charge on any atom is -0.484 e. The summed E-state index contributed by atoms with van der Waals surface area (Å²) >= 11 is 0. The van der Waals surface area contributed by atoms with Gasteiger partial charge in [0, 0.05) is 12.1 Å². The largest absolute Gasteiger partial charge is 0.484 e. The first-order chi connectivity index (χ1) is 10.7. The van der Waals surface area contributed by atoms with E-state index < -0.39 is 0 Å². The fourth-order valence-electron chi connectivity index (χ4n) is 3.18. The fraction of sp³-hybridized carbons (Fsp3) is 0.263. The highest BCUT2D eigenvalue weighted by Gasteiger charge is 2.28. The Morgan fingerprint density at radius 2 is 1.91 bits per heavy atom. The molecule has 3 nitrogen and oxygen atoms in total. The van der Waals surface area contributed by atoms with Crippen molar-refractivity contribution in [3.8, 4) is 5.75 Å². The minimum atomic E-state index is 0.0207. The average molecular weight is 293 g/mol. The highest BCUT2D eigenvalue weighted by molar-refractivity contribution is 5.83. The normalized spacial score (nSPS) is 18.4. The summed E-state index contributed by atoms with van der Waals surface area (Å²) in [6.45, 7) is 3.71. The highest BCUT2D eigenvalue weighted by atomic mass is 16.5. The zero-order valence-electron chi connectivity index (χ0n) is 12.9. The van der Waals surface area contributed by atoms with E-state index >= 15 is 0 Å². The van der Waals surface area contributed by atoms with Crippen molar-refractivity contribution in [1.82, 2.24) is 4.90 Å². The smallest absolute Gasteiger partial charge is 0.140 e. The third-order valence-corrected chi connectivity index (χ3v) is 4.20. The van der Waals surface area contributed by atoms with Crippen molar-refractivity contribution in [2.45, 2.75) is 19.6 Å². The number of hydrogen-bond donors (Lipinski definition) is 0. The molecule has 0 saturated heterocycles. The van der Waals surface area contributed by atoms with Crippen LogP contribution in [0, 0.1) is 6.92 Å². The van der Waals surface area contributed by atoms with Crippen LogP contribution < -0.4 is 4.74 Å². The highest BCUT2D eigenvalue weighted by Crippen LogP contribution is 2.33. The minimum absolute atomic E-state index is 0.0207. The summed E-state index contributed by atoms with van der Waals surface area (Å²) in [5.41, 5.74) is 1.18. The van der Waals surface area contributed by atoms with Crippen LogP contribution in [-0.4, -0.2) is 18.5 Å². The fourth-order valence-corrected chi connectivity index (χ4v) is 3.18. The van der Waals surface area contributed by atoms with Gasteiger partial charge in [-0.15, -0.1) is 0 Å². The molecule has 1 aliphatic rings. The van der Waals surface area contributed by atoms with Gasteiger partial charge in [-0.1, -0.05) is 30.3 Å². The van der Waals surface area contributed by atoms with Crippen molar-refractivity contribution in [3.05, 3.63) is 65.6 Å². The maximum Gasteiger partial charge on any atom is 0.140 e. The Morgan fingerprint density at radius 3 is 2.77 bits per heavy atom. The lowest BCUT2D eigenvalue weighted by Gasteiger charge is -2.29. The monoisotopic (exact) mass is 293 g/mol. The van der Waals surface area contributed by atoms with Crippen LogP contribution in [0.1, 0.15) is 23.2 Å². The van der Waals surface area contributed by atoms with Gasteiger partial charge in [0.15, 0.2) is 0 Å². The number of fused-ring (bicyclic) bond motifs is 2. The molecule has 1 aromatic heterocycles. The first-order valence-electron chi connectivity index (χ1n) is 7.62. The Morgan fingerprint density at radius 1 is 1.09 bits per heavy atom. The summed E-state index contributed by atoms with van der Waals surface area (Å²) in [5, 5.41) is 2.43. The third kappa shape index (κ3) is 2.38. The number of nitrogens with zero attached hydrogens (tertiary/aromatic N) is 1. The van der Waals surface area contributed by atoms with E-state index in [1.54, 1.807) is 0 Å². The number of furan rings is 1. The number of aryl methyl sites for hydroxylation is 1. The summed E-state index contributed by atoms with van der Waals surface area (Å²) in [6.07, 6.45) is 0.0207. The molecular weight excluding hydrogens is 274 g/mol. The molecule has 1 aliphatic heterocycles. The summed E-state index contributed by atoms with van der Waals surface area (Å²) in [4.78, 5) is 2.23. The molecule has 0 fully saturated rings. The van der Waals surface area contributed by atoms with E-state index in [0.29, 0.717) is 0 Å². The predicted octanol–water partition coefficient (Wildman–Crippen LogP) is 4.31. The second kappa shape index (κ2) is 5.18. The summed E-state index contributed by atoms with van der Waals surface area (Å²) < 4.78 is 12.1. The molecule has 3 heteroatoms. The van der Waals surface area contributed by atoms with E-state index in [9.17, 15) is 0 Å². The van der Waals surface area contributed by atoms with E-state index in [2.05, 4.69) is 54.4 Å². The Labute approximate surface area is 130 Å². The molecule has 0 saturated carbocycles. The van der Waals surface area contributed by atoms with Crippen molar-refractivity contribution in [2.24, 2.45) is 0 Å². The molecule has 3 aromatic rings. The molecule has 0 bridgehead atoms. The van der Waals surface area contributed by atoms with Crippen molar-refractivity contribution in [1.29, 1.82) is 0 Å². The maximum atomic E-state index is 6.27. The second-order valence-corrected chi connectivity index (χ2v) is 6.05. The molecule has 22 heavy (non-hydrogen) atoms. The van der Waals surface area contributed by atoms with Gasteiger partial charge in [-0.25, -0.2) is 0 Å². The van der Waals surface area contributed by atoms with Crippen LogP contribution in [0.15, 0.2) is 52.9 Å². The van der Waals surface area contributed by atoms with Crippen LogP contribution in [0.5, 0.6) is 5.75 Å². The Hall–Kier alpha value is -2.26. The molecule has 0 radical (unpaired) electrons. The zero-order valence-corrected chi connectivity index (χ0v) is 12.9. The molecule has 0 N–H and O–H groups in total. The molecule has 112 valence electrons. The van der Waals surface area contributed by atoms with Crippen LogP contribution in [0.25, 0.3) is 10.8 Å². The first kappa shape index (κ1) is 13.4. The number of hydrogen-bond acceptors (Lipinski definition) is 3. The van der Waals surface area contributed by atoms with Gasteiger partial charge in [0.2, 0.25) is 0 Å². The number of ether oxygens (including phenoxy) is 1. The van der Waals surface area contributed by atoms with Crippen LogP contribution >= 0.6 is 0 Å². The van der Waals surface area contributed by atoms with Gasteiger partial charge in [0.05, 0.1) is 6.54 Å². The molecule has 0 aliphatic carbocycles. The summed E-state index contributed by atoms with van der Waals surface area (Å²) in [5.74, 6) is 2.88. The van der Waals surface area contributed by atoms with Crippen molar-refractivity contribution < 1.29 is 9.15 Å². The maximum absolute atomic E-state index is 6.27. The van der Waals surface area contributed by atoms with Crippen LogP contribution in [0.2, 0.25) is 0 Å². The van der Waals surface area contributed by atoms with E-state index in [1.807, 2.05) is 13.0 Å². The quantitative estimate of drug-likeness (QED) is 0.704. The molecule has 2 aromatic carbocycles. The molecular formula is C19H19NO2. The lowest BCUT2D eigenvalue weighted by atomic mass is 10.0. The molecule has 0 amide bonds. The molecule has 2 heterocycles. The topological polar surface area (TPSA) is 25.6 Å². The molecule has 0 spiro atoms. The van der Waals surface area contributed by atoms with Crippen LogP contribution in [0.4, 0.5) is 0 Å². The van der Waals surface area contributed by atoms with Gasteiger partial charge in [-0.05, 0) is 42.9 Å². The van der Waals surface area contributed by atoms with Gasteiger partial charge in [0.25, 0.3) is 0 Å². The van der Waals surface area contributed by atoms with Crippen molar-refractivity contribution in [2.75, 3.05) is 13.6 Å². The van der Waals surface area contributed by atoms with Gasteiger partial charge >= 0.3 is 0 Å². The zero-order chi connectivity index (χ0) is 15.1. The Balaban J connectivity index is 1.67. The van der Waals surface area contributed by atoms with E-state index in [1.165, 1.54) is 16.3 Å². The van der Waals surface area contributed by atoms with Gasteiger partial charge in [-0.3, -0.25) is 4.90 Å². The van der Waals surface area contributed by atoms with Crippen LogP contribution in [-0.2, 0) is 6.54 Å². The van der Waals surface area contributed by atoms with Crippen molar-refractivity contribution >= 4 is 10.8 Å². The van der Waals surface area contributed by atoms with Gasteiger partial charge < -0.3 is 9.15 Å². The summed E-state index contributed by atoms with van der Waals surface area (Å²) in [7, 11) is 2.09. The van der Waals surface area contributed by atoms with Gasteiger partial charge in [0.1, 0.15) is 23.4 Å². The lowest BCUT2D eigenvalue weighted by Crippen LogP contribution is -2.32. The third-order valence-electron chi connectivity index (χ3n) is 4.20. The Bertz CT molecular complexity index is 821. The van der Waals surface area contributed by atoms with E-state index in [-0.39, 0.29) is 6.10 Å². The first-order valence-corrected chi connectivity index (χ1v) is 7.62. The predicted molar refractivity (Wildman–Crippen MR) is 87.1 cm³/mol. The van der Waals surface area contributed by atoms with E-state index in [0.717, 1.165) is 30.4 Å².